The summed E-state index contributed by atoms with van der Waals surface area (Å²) in [5.41, 5.74) is 1.08. The lowest BCUT2D eigenvalue weighted by atomic mass is 10.2. The normalized spacial score (nSPS) is 10.3. The molecule has 0 unspecified atom stereocenters. The first-order chi connectivity index (χ1) is 12.5. The third-order valence-electron chi connectivity index (χ3n) is 3.82. The maximum atomic E-state index is 13.8. The summed E-state index contributed by atoms with van der Waals surface area (Å²) in [6.07, 6.45) is 0.126. The molecule has 5 nitrogen and oxygen atoms in total. The van der Waals surface area contributed by atoms with Crippen molar-refractivity contribution in [3.8, 4) is 5.75 Å². The second kappa shape index (κ2) is 9.56. The van der Waals surface area contributed by atoms with E-state index in [1.54, 1.807) is 42.5 Å². The molecule has 0 atom stereocenters. The van der Waals surface area contributed by atoms with Crippen molar-refractivity contribution in [2.45, 2.75) is 26.8 Å². The van der Waals surface area contributed by atoms with Crippen LogP contribution in [0.2, 0.25) is 0 Å². The predicted octanol–water partition coefficient (Wildman–Crippen LogP) is 3.60. The van der Waals surface area contributed by atoms with Crippen LogP contribution in [-0.4, -0.2) is 29.9 Å². The number of nitrogens with zero attached hydrogens (tertiary/aromatic N) is 1. The fourth-order valence-corrected chi connectivity index (χ4v) is 2.44. The number of ether oxygens (including phenoxy) is 1. The summed E-state index contributed by atoms with van der Waals surface area (Å²) >= 11 is 0. The number of carbonyl (C=O) groups is 2. The molecule has 26 heavy (non-hydrogen) atoms. The third-order valence-corrected chi connectivity index (χ3v) is 3.82. The lowest BCUT2D eigenvalue weighted by Crippen LogP contribution is -2.31. The van der Waals surface area contributed by atoms with Crippen molar-refractivity contribution in [3.05, 3.63) is 59.9 Å². The zero-order valence-corrected chi connectivity index (χ0v) is 15.0. The van der Waals surface area contributed by atoms with Gasteiger partial charge in [-0.2, -0.15) is 0 Å². The van der Waals surface area contributed by atoms with E-state index in [-0.39, 0.29) is 37.1 Å². The second-order valence-corrected chi connectivity index (χ2v) is 5.79. The molecular formula is C20H23FN2O3. The number of hydrogen-bond acceptors (Lipinski definition) is 3. The van der Waals surface area contributed by atoms with Gasteiger partial charge in [0.25, 0.3) is 0 Å². The topological polar surface area (TPSA) is 58.6 Å². The van der Waals surface area contributed by atoms with Crippen LogP contribution in [0.5, 0.6) is 5.75 Å². The minimum Gasteiger partial charge on any atom is -0.494 e. The lowest BCUT2D eigenvalue weighted by molar-refractivity contribution is -0.130. The Morgan fingerprint density at radius 3 is 2.42 bits per heavy atom. The average Bonchev–Trinajstić information content (AvgIpc) is 2.61. The summed E-state index contributed by atoms with van der Waals surface area (Å²) in [6.45, 7) is 4.24. The summed E-state index contributed by atoms with van der Waals surface area (Å²) in [5.74, 6) is -0.0493. The lowest BCUT2D eigenvalue weighted by Gasteiger charge is -2.21. The highest BCUT2D eigenvalue weighted by Gasteiger charge is 2.14. The van der Waals surface area contributed by atoms with Gasteiger partial charge in [-0.15, -0.1) is 0 Å². The molecule has 0 spiro atoms. The summed E-state index contributed by atoms with van der Waals surface area (Å²) in [4.78, 5) is 25.4. The van der Waals surface area contributed by atoms with Gasteiger partial charge in [-0.1, -0.05) is 18.2 Å². The average molecular weight is 358 g/mol. The van der Waals surface area contributed by atoms with Crippen molar-refractivity contribution in [1.82, 2.24) is 4.90 Å². The standard InChI is InChI=1S/C20H23FN2O3/c1-3-26-18-10-8-17(9-11-18)22-20(25)12-13-23(15(2)24)14-16-6-4-5-7-19(16)21/h4-11H,3,12-14H2,1-2H3,(H,22,25). The molecule has 2 rings (SSSR count). The van der Waals surface area contributed by atoms with Crippen molar-refractivity contribution >= 4 is 17.5 Å². The van der Waals surface area contributed by atoms with Crippen LogP contribution in [-0.2, 0) is 16.1 Å². The molecule has 0 radical (unpaired) electrons. The van der Waals surface area contributed by atoms with Crippen LogP contribution in [0.15, 0.2) is 48.5 Å². The highest BCUT2D eigenvalue weighted by Crippen LogP contribution is 2.16. The van der Waals surface area contributed by atoms with Crippen LogP contribution in [0, 0.1) is 5.82 Å². The summed E-state index contributed by atoms with van der Waals surface area (Å²) in [7, 11) is 0. The molecule has 6 heteroatoms. The Kier molecular flexibility index (Phi) is 7.14. The first-order valence-corrected chi connectivity index (χ1v) is 8.51. The van der Waals surface area contributed by atoms with Crippen LogP contribution in [0.25, 0.3) is 0 Å². The fourth-order valence-electron chi connectivity index (χ4n) is 2.44. The molecule has 2 aromatic rings. The molecule has 0 aliphatic carbocycles. The molecule has 1 N–H and O–H groups in total. The number of nitrogens with one attached hydrogen (secondary N) is 1. The Morgan fingerprint density at radius 2 is 1.81 bits per heavy atom. The van der Waals surface area contributed by atoms with Crippen molar-refractivity contribution in [2.24, 2.45) is 0 Å². The molecule has 0 aromatic heterocycles. The molecule has 0 fully saturated rings. The van der Waals surface area contributed by atoms with Gasteiger partial charge in [0.1, 0.15) is 11.6 Å². The number of carbonyl (C=O) groups excluding carboxylic acids is 2. The zero-order chi connectivity index (χ0) is 18.9. The third kappa shape index (κ3) is 5.88. The summed E-state index contributed by atoms with van der Waals surface area (Å²) < 4.78 is 19.1. The number of hydrogen-bond donors (Lipinski definition) is 1. The molecule has 0 heterocycles. The van der Waals surface area contributed by atoms with Crippen molar-refractivity contribution in [1.29, 1.82) is 0 Å². The minimum atomic E-state index is -0.363. The van der Waals surface area contributed by atoms with Gasteiger partial charge in [-0.3, -0.25) is 9.59 Å². The van der Waals surface area contributed by atoms with Crippen LogP contribution in [0.1, 0.15) is 25.8 Å². The molecule has 2 aromatic carbocycles. The number of benzene rings is 2. The number of anilines is 1. The van der Waals surface area contributed by atoms with Crippen LogP contribution < -0.4 is 10.1 Å². The van der Waals surface area contributed by atoms with Crippen molar-refractivity contribution < 1.29 is 18.7 Å². The first kappa shape index (κ1) is 19.4. The Bertz CT molecular complexity index is 747. The van der Waals surface area contributed by atoms with E-state index in [0.717, 1.165) is 5.75 Å². The van der Waals surface area contributed by atoms with Gasteiger partial charge < -0.3 is 15.0 Å². The number of amides is 2. The molecule has 0 aliphatic heterocycles. The smallest absolute Gasteiger partial charge is 0.226 e. The molecule has 138 valence electrons. The van der Waals surface area contributed by atoms with Crippen LogP contribution >= 0.6 is 0 Å². The predicted molar refractivity (Wildman–Crippen MR) is 98.3 cm³/mol. The summed E-state index contributed by atoms with van der Waals surface area (Å²) in [6, 6.07) is 13.4. The van der Waals surface area contributed by atoms with E-state index >= 15 is 0 Å². The zero-order valence-electron chi connectivity index (χ0n) is 15.0. The minimum absolute atomic E-state index is 0.126. The Balaban J connectivity index is 1.88. The van der Waals surface area contributed by atoms with E-state index in [0.29, 0.717) is 17.9 Å². The maximum absolute atomic E-state index is 13.8. The quantitative estimate of drug-likeness (QED) is 0.784. The highest BCUT2D eigenvalue weighted by atomic mass is 19.1. The van der Waals surface area contributed by atoms with E-state index in [2.05, 4.69) is 5.32 Å². The first-order valence-electron chi connectivity index (χ1n) is 8.51. The molecule has 0 aliphatic rings. The molecule has 2 amide bonds. The van der Waals surface area contributed by atoms with Crippen LogP contribution in [0.3, 0.4) is 0 Å². The van der Waals surface area contributed by atoms with Crippen molar-refractivity contribution in [2.75, 3.05) is 18.5 Å². The SMILES string of the molecule is CCOc1ccc(NC(=O)CCN(Cc2ccccc2F)C(C)=O)cc1. The van der Waals surface area contributed by atoms with Gasteiger partial charge in [0.2, 0.25) is 11.8 Å². The van der Waals surface area contributed by atoms with Gasteiger partial charge in [0.15, 0.2) is 0 Å². The second-order valence-electron chi connectivity index (χ2n) is 5.79. The summed E-state index contributed by atoms with van der Waals surface area (Å²) in [5, 5.41) is 2.77. The van der Waals surface area contributed by atoms with E-state index in [1.165, 1.54) is 17.9 Å². The Hall–Kier alpha value is -2.89. The number of rotatable bonds is 8. The molecule has 0 saturated heterocycles. The highest BCUT2D eigenvalue weighted by molar-refractivity contribution is 5.91. The van der Waals surface area contributed by atoms with Gasteiger partial charge in [-0.25, -0.2) is 4.39 Å². The molecular weight excluding hydrogens is 335 g/mol. The Morgan fingerprint density at radius 1 is 1.12 bits per heavy atom. The van der Waals surface area contributed by atoms with E-state index in [1.807, 2.05) is 6.92 Å². The van der Waals surface area contributed by atoms with Gasteiger partial charge in [-0.05, 0) is 37.3 Å². The van der Waals surface area contributed by atoms with Gasteiger partial charge in [0.05, 0.1) is 6.61 Å². The number of halogens is 1. The van der Waals surface area contributed by atoms with Crippen LogP contribution in [0.4, 0.5) is 10.1 Å². The molecule has 0 bridgehead atoms. The van der Waals surface area contributed by atoms with E-state index in [4.69, 9.17) is 4.74 Å². The van der Waals surface area contributed by atoms with Crippen molar-refractivity contribution in [3.63, 3.8) is 0 Å². The fraction of sp³-hybridized carbons (Fsp3) is 0.300. The monoisotopic (exact) mass is 358 g/mol. The van der Waals surface area contributed by atoms with E-state index in [9.17, 15) is 14.0 Å². The maximum Gasteiger partial charge on any atom is 0.226 e. The van der Waals surface area contributed by atoms with Gasteiger partial charge >= 0.3 is 0 Å². The van der Waals surface area contributed by atoms with Gasteiger partial charge in [0, 0.05) is 37.7 Å². The largest absolute Gasteiger partial charge is 0.494 e. The molecule has 0 saturated carbocycles. The Labute approximate surface area is 152 Å². The van der Waals surface area contributed by atoms with E-state index < -0.39 is 0 Å².